The lowest BCUT2D eigenvalue weighted by Crippen LogP contribution is -2.41. The first kappa shape index (κ1) is 23.4. The van der Waals surface area contributed by atoms with Crippen molar-refractivity contribution >= 4 is 11.9 Å². The van der Waals surface area contributed by atoms with Crippen LogP contribution in [0.5, 0.6) is 0 Å². The Morgan fingerprint density at radius 3 is 1.56 bits per heavy atom. The lowest BCUT2D eigenvalue weighted by Gasteiger charge is -2.32. The van der Waals surface area contributed by atoms with Crippen molar-refractivity contribution in [3.8, 4) is 0 Å². The first-order valence-corrected chi connectivity index (χ1v) is 10.2. The Balaban J connectivity index is 1.60. The molecule has 2 atom stereocenters. The number of hydrogen-bond acceptors (Lipinski definition) is 4. The average molecular weight is 476 g/mol. The number of ether oxygens (including phenoxy) is 2. The summed E-state index contributed by atoms with van der Waals surface area (Å²) in [4.78, 5) is 25.2. The van der Waals surface area contributed by atoms with Crippen LogP contribution < -0.4 is 0 Å². The zero-order chi connectivity index (χ0) is 24.6. The number of hydrogen-bond donors (Lipinski definition) is 0. The van der Waals surface area contributed by atoms with Gasteiger partial charge in [0, 0.05) is 12.8 Å². The second-order valence-electron chi connectivity index (χ2n) is 7.91. The predicted molar refractivity (Wildman–Crippen MR) is 110 cm³/mol. The van der Waals surface area contributed by atoms with Gasteiger partial charge < -0.3 is 9.47 Å². The summed E-state index contributed by atoms with van der Waals surface area (Å²) in [5.41, 5.74) is 0.726. The van der Waals surface area contributed by atoms with Gasteiger partial charge in [-0.1, -0.05) is 24.3 Å². The second-order valence-corrected chi connectivity index (χ2v) is 7.91. The van der Waals surface area contributed by atoms with Gasteiger partial charge in [-0.2, -0.15) is 0 Å². The average Bonchev–Trinajstić information content (AvgIpc) is 2.80. The molecular formula is C25H17F5O4. The number of rotatable bonds is 4. The Morgan fingerprint density at radius 1 is 0.706 bits per heavy atom. The van der Waals surface area contributed by atoms with E-state index >= 15 is 0 Å². The number of halogens is 5. The maximum atomic E-state index is 13.8. The van der Waals surface area contributed by atoms with Gasteiger partial charge in [0.2, 0.25) is 0 Å². The molecule has 0 amide bonds. The third kappa shape index (κ3) is 4.64. The molecule has 3 aromatic carbocycles. The fraction of sp³-hybridized carbons (Fsp3) is 0.200. The molecule has 0 bridgehead atoms. The van der Waals surface area contributed by atoms with Gasteiger partial charge in [0.25, 0.3) is 0 Å². The van der Waals surface area contributed by atoms with Crippen LogP contribution in [0.25, 0.3) is 0 Å². The van der Waals surface area contributed by atoms with Crippen LogP contribution >= 0.6 is 0 Å². The smallest absolute Gasteiger partial charge is 0.338 e. The molecule has 0 saturated carbocycles. The number of carbonyl (C=O) groups is 2. The summed E-state index contributed by atoms with van der Waals surface area (Å²) in [6.45, 7) is 1.29. The van der Waals surface area contributed by atoms with Gasteiger partial charge in [-0.25, -0.2) is 31.5 Å². The Labute approximate surface area is 190 Å². The highest BCUT2D eigenvalue weighted by Crippen LogP contribution is 2.28. The first-order valence-electron chi connectivity index (χ1n) is 10.2. The molecule has 9 heteroatoms. The van der Waals surface area contributed by atoms with Gasteiger partial charge in [-0.05, 0) is 47.9 Å². The third-order valence-corrected chi connectivity index (χ3v) is 5.56. The van der Waals surface area contributed by atoms with Gasteiger partial charge in [-0.3, -0.25) is 0 Å². The second kappa shape index (κ2) is 9.24. The summed E-state index contributed by atoms with van der Waals surface area (Å²) in [7, 11) is 0. The molecule has 34 heavy (non-hydrogen) atoms. The molecule has 4 rings (SSSR count). The fourth-order valence-electron chi connectivity index (χ4n) is 3.82. The van der Waals surface area contributed by atoms with Crippen LogP contribution in [-0.2, 0) is 22.3 Å². The predicted octanol–water partition coefficient (Wildman–Crippen LogP) is 5.24. The molecule has 1 aliphatic carbocycles. The van der Waals surface area contributed by atoms with Crippen LogP contribution in [-0.4, -0.2) is 24.1 Å². The summed E-state index contributed by atoms with van der Waals surface area (Å²) < 4.78 is 78.6. The van der Waals surface area contributed by atoms with E-state index in [2.05, 4.69) is 0 Å². The van der Waals surface area contributed by atoms with Crippen LogP contribution in [0.3, 0.4) is 0 Å². The van der Waals surface area contributed by atoms with Gasteiger partial charge in [-0.15, -0.1) is 0 Å². The SMILES string of the molecule is Cc1cc(C(=O)O[C@H]2Cc3ccccc3C[C@H]2OC(=O)c2cc(F)c(F)c(F)c2)cc(F)c1F. The Kier molecular flexibility index (Phi) is 6.37. The van der Waals surface area contributed by atoms with Crippen molar-refractivity contribution < 1.29 is 41.0 Å². The molecule has 4 nitrogen and oxygen atoms in total. The van der Waals surface area contributed by atoms with Crippen LogP contribution in [0.15, 0.2) is 48.5 Å². The summed E-state index contributed by atoms with van der Waals surface area (Å²) >= 11 is 0. The van der Waals surface area contributed by atoms with Crippen molar-refractivity contribution in [1.29, 1.82) is 0 Å². The van der Waals surface area contributed by atoms with Gasteiger partial charge >= 0.3 is 11.9 Å². The van der Waals surface area contributed by atoms with Crippen molar-refractivity contribution in [2.45, 2.75) is 32.0 Å². The normalized spacial score (nSPS) is 17.1. The van der Waals surface area contributed by atoms with Crippen molar-refractivity contribution in [3.05, 3.63) is 105 Å². The zero-order valence-corrected chi connectivity index (χ0v) is 17.7. The molecule has 0 aliphatic heterocycles. The Bertz CT molecular complexity index is 1150. The number of aryl methyl sites for hydroxylation is 1. The van der Waals surface area contributed by atoms with E-state index < -0.39 is 58.8 Å². The fourth-order valence-corrected chi connectivity index (χ4v) is 3.82. The standard InChI is InChI=1S/C25H17F5O4/c1-12-6-15(7-17(26)22(12)29)24(31)33-20-10-13-4-2-3-5-14(13)11-21(20)34-25(32)16-8-18(27)23(30)19(28)9-16/h2-9,20-21H,10-11H2,1H3/t20-,21+/m0/s1. The molecule has 0 fully saturated rings. The highest BCUT2D eigenvalue weighted by Gasteiger charge is 2.35. The monoisotopic (exact) mass is 476 g/mol. The van der Waals surface area contributed by atoms with E-state index in [0.717, 1.165) is 17.2 Å². The quantitative estimate of drug-likeness (QED) is 0.294. The van der Waals surface area contributed by atoms with Crippen molar-refractivity contribution in [2.24, 2.45) is 0 Å². The molecule has 0 unspecified atom stereocenters. The summed E-state index contributed by atoms with van der Waals surface area (Å²) in [5, 5.41) is 0. The van der Waals surface area contributed by atoms with Gasteiger partial charge in [0.1, 0.15) is 12.2 Å². The van der Waals surface area contributed by atoms with Crippen LogP contribution in [0.2, 0.25) is 0 Å². The zero-order valence-electron chi connectivity index (χ0n) is 17.7. The molecule has 1 aliphatic rings. The molecule has 0 saturated heterocycles. The van der Waals surface area contributed by atoms with Crippen molar-refractivity contribution in [2.75, 3.05) is 0 Å². The van der Waals surface area contributed by atoms with E-state index in [-0.39, 0.29) is 24.0 Å². The molecule has 0 aromatic heterocycles. The minimum atomic E-state index is -1.73. The summed E-state index contributed by atoms with van der Waals surface area (Å²) in [5.74, 6) is -9.26. The van der Waals surface area contributed by atoms with Gasteiger partial charge in [0.05, 0.1) is 11.1 Å². The van der Waals surface area contributed by atoms with E-state index in [9.17, 15) is 31.5 Å². The highest BCUT2D eigenvalue weighted by molar-refractivity contribution is 5.90. The van der Waals surface area contributed by atoms with E-state index in [0.29, 0.717) is 18.2 Å². The highest BCUT2D eigenvalue weighted by atomic mass is 19.2. The largest absolute Gasteiger partial charge is 0.454 e. The van der Waals surface area contributed by atoms with Gasteiger partial charge in [0.15, 0.2) is 29.1 Å². The maximum absolute atomic E-state index is 13.8. The molecular weight excluding hydrogens is 459 g/mol. The Morgan fingerprint density at radius 2 is 1.12 bits per heavy atom. The summed E-state index contributed by atoms with van der Waals surface area (Å²) in [6, 6.07) is 9.94. The van der Waals surface area contributed by atoms with Crippen LogP contribution in [0, 0.1) is 36.0 Å². The molecule has 0 heterocycles. The molecule has 0 spiro atoms. The number of benzene rings is 3. The number of fused-ring (bicyclic) bond motifs is 1. The van der Waals surface area contributed by atoms with E-state index in [1.54, 1.807) is 24.3 Å². The topological polar surface area (TPSA) is 52.6 Å². The summed E-state index contributed by atoms with van der Waals surface area (Å²) in [6.07, 6.45) is -1.85. The minimum Gasteiger partial charge on any atom is -0.454 e. The number of esters is 2. The third-order valence-electron chi connectivity index (χ3n) is 5.56. The number of carbonyl (C=O) groups excluding carboxylic acids is 2. The molecule has 176 valence electrons. The van der Waals surface area contributed by atoms with E-state index in [1.807, 2.05) is 0 Å². The molecule has 3 aromatic rings. The first-order chi connectivity index (χ1) is 16.1. The van der Waals surface area contributed by atoms with Crippen molar-refractivity contribution in [1.82, 2.24) is 0 Å². The van der Waals surface area contributed by atoms with Crippen molar-refractivity contribution in [3.63, 3.8) is 0 Å². The lowest BCUT2D eigenvalue weighted by atomic mass is 9.87. The van der Waals surface area contributed by atoms with Crippen LogP contribution in [0.1, 0.15) is 37.4 Å². The molecule has 0 radical (unpaired) electrons. The van der Waals surface area contributed by atoms with E-state index in [4.69, 9.17) is 9.47 Å². The maximum Gasteiger partial charge on any atom is 0.338 e. The minimum absolute atomic E-state index is 0.0933. The Hall–Kier alpha value is -3.75. The van der Waals surface area contributed by atoms with Crippen LogP contribution in [0.4, 0.5) is 22.0 Å². The van der Waals surface area contributed by atoms with E-state index in [1.165, 1.54) is 6.92 Å². The lowest BCUT2D eigenvalue weighted by molar-refractivity contribution is -0.0390. The molecule has 0 N–H and O–H groups in total.